The van der Waals surface area contributed by atoms with Crippen LogP contribution in [0.1, 0.15) is 61.5 Å². The Balaban J connectivity index is 1.64. The molecule has 2 aliphatic rings. The van der Waals surface area contributed by atoms with Crippen molar-refractivity contribution in [3.05, 3.63) is 89.7 Å². The molecule has 0 spiro atoms. The van der Waals surface area contributed by atoms with E-state index in [1.165, 1.54) is 12.0 Å². The summed E-state index contributed by atoms with van der Waals surface area (Å²) in [6.07, 6.45) is 7.15. The Bertz CT molecular complexity index is 886. The van der Waals surface area contributed by atoms with Crippen LogP contribution in [-0.2, 0) is 9.57 Å². The van der Waals surface area contributed by atoms with Crippen molar-refractivity contribution in [1.82, 2.24) is 0 Å². The molecule has 0 aromatic heterocycles. The molecule has 0 amide bonds. The molecule has 4 nitrogen and oxygen atoms in total. The van der Waals surface area contributed by atoms with Gasteiger partial charge in [0.05, 0.1) is 16.9 Å². The number of hydrogen-bond acceptors (Lipinski definition) is 3. The van der Waals surface area contributed by atoms with Crippen molar-refractivity contribution in [3.63, 3.8) is 0 Å². The normalized spacial score (nSPS) is 29.3. The van der Waals surface area contributed by atoms with E-state index < -0.39 is 5.79 Å². The molecular weight excluding hydrogens is 442 g/mol. The van der Waals surface area contributed by atoms with Crippen LogP contribution in [0.25, 0.3) is 0 Å². The molecule has 30 heavy (non-hydrogen) atoms. The largest absolute Gasteiger partial charge is 0.368 e. The molecule has 0 radical (unpaired) electrons. The summed E-state index contributed by atoms with van der Waals surface area (Å²) in [5.41, 5.74) is 2.35. The monoisotopic (exact) mass is 469 g/mol. The van der Waals surface area contributed by atoms with E-state index in [0.717, 1.165) is 24.8 Å². The highest BCUT2D eigenvalue weighted by atomic mass is 79.9. The standard InChI is InChI=1S/C25H28BrNO3/c1-2-17-25(18-22(24(26)27(28)30-25)20-13-7-4-8-14-20)29-23-16-10-9-15-21(23)19-11-5-3-6-12-19/h2-8,11-14,21-23H,1,9-10,15-18H2/t21-,22+,23+,25+/m1/s1. The maximum Gasteiger partial charge on any atom is 0.293 e. The highest BCUT2D eigenvalue weighted by Crippen LogP contribution is 2.43. The van der Waals surface area contributed by atoms with Gasteiger partial charge in [-0.2, -0.15) is 0 Å². The van der Waals surface area contributed by atoms with Crippen molar-refractivity contribution < 1.29 is 14.5 Å². The first-order valence-corrected chi connectivity index (χ1v) is 11.5. The molecule has 5 heteroatoms. The summed E-state index contributed by atoms with van der Waals surface area (Å²) in [5.74, 6) is -0.859. The van der Waals surface area contributed by atoms with Crippen molar-refractivity contribution in [3.8, 4) is 0 Å². The van der Waals surface area contributed by atoms with Crippen molar-refractivity contribution in [2.24, 2.45) is 0 Å². The zero-order valence-electron chi connectivity index (χ0n) is 17.1. The average molecular weight is 470 g/mol. The minimum absolute atomic E-state index is 0.00259. The van der Waals surface area contributed by atoms with E-state index in [2.05, 4.69) is 46.8 Å². The van der Waals surface area contributed by atoms with Crippen LogP contribution < -0.4 is 0 Å². The molecule has 158 valence electrons. The van der Waals surface area contributed by atoms with E-state index in [1.54, 1.807) is 6.08 Å². The molecule has 4 rings (SSSR count). The maximum atomic E-state index is 12.8. The van der Waals surface area contributed by atoms with Gasteiger partial charge < -0.3 is 9.57 Å². The maximum absolute atomic E-state index is 12.8. The van der Waals surface area contributed by atoms with Gasteiger partial charge in [0, 0.05) is 34.7 Å². The predicted molar refractivity (Wildman–Crippen MR) is 123 cm³/mol. The van der Waals surface area contributed by atoms with Crippen molar-refractivity contribution in [2.75, 3.05) is 0 Å². The Kier molecular flexibility index (Phi) is 6.59. The van der Waals surface area contributed by atoms with Crippen LogP contribution in [0.15, 0.2) is 73.3 Å². The van der Waals surface area contributed by atoms with Gasteiger partial charge in [-0.1, -0.05) is 79.6 Å². The van der Waals surface area contributed by atoms with Gasteiger partial charge in [0.2, 0.25) is 0 Å². The SMILES string of the molecule is C=CC[C@@]1(O[C@H]2CCCC[C@@H]2c2ccccc2)C[C@@H](c2ccccc2)C(Br)=[N+]([O-])O1. The molecule has 1 aliphatic carbocycles. The van der Waals surface area contributed by atoms with Crippen LogP contribution in [0.3, 0.4) is 0 Å². The molecule has 0 N–H and O–H groups in total. The second-order valence-corrected chi connectivity index (χ2v) is 9.01. The summed E-state index contributed by atoms with van der Waals surface area (Å²) >= 11 is 3.46. The number of benzene rings is 2. The van der Waals surface area contributed by atoms with Crippen LogP contribution in [0.2, 0.25) is 0 Å². The molecule has 1 heterocycles. The Morgan fingerprint density at radius 2 is 1.70 bits per heavy atom. The van der Waals surface area contributed by atoms with Gasteiger partial charge in [-0.05, 0) is 24.0 Å². The smallest absolute Gasteiger partial charge is 0.293 e. The second kappa shape index (κ2) is 9.36. The highest BCUT2D eigenvalue weighted by Gasteiger charge is 2.46. The Morgan fingerprint density at radius 3 is 2.37 bits per heavy atom. The molecule has 4 atom stereocenters. The summed E-state index contributed by atoms with van der Waals surface area (Å²) in [6, 6.07) is 20.6. The Hall–Kier alpha value is -2.11. The lowest BCUT2D eigenvalue weighted by molar-refractivity contribution is -0.788. The second-order valence-electron chi connectivity index (χ2n) is 8.20. The predicted octanol–water partition coefficient (Wildman–Crippen LogP) is 6.42. The minimum Gasteiger partial charge on any atom is -0.368 e. The third-order valence-corrected chi connectivity index (χ3v) is 7.02. The number of rotatable bonds is 6. The van der Waals surface area contributed by atoms with E-state index in [4.69, 9.17) is 9.57 Å². The van der Waals surface area contributed by atoms with E-state index >= 15 is 0 Å². The summed E-state index contributed by atoms with van der Waals surface area (Å²) < 4.78 is 7.20. The third-order valence-electron chi connectivity index (χ3n) is 6.18. The topological polar surface area (TPSA) is 44.5 Å². The molecule has 0 unspecified atom stereocenters. The van der Waals surface area contributed by atoms with Gasteiger partial charge in [0.25, 0.3) is 4.62 Å². The first-order chi connectivity index (χ1) is 14.6. The molecule has 2 aromatic rings. The lowest BCUT2D eigenvalue weighted by Gasteiger charge is -2.45. The summed E-state index contributed by atoms with van der Waals surface area (Å²) in [5, 5.41) is 12.8. The number of nitrogens with zero attached hydrogens (tertiary/aromatic N) is 1. The number of ether oxygens (including phenoxy) is 1. The van der Waals surface area contributed by atoms with E-state index in [-0.39, 0.29) is 12.0 Å². The molecule has 2 aromatic carbocycles. The first-order valence-electron chi connectivity index (χ1n) is 10.7. The van der Waals surface area contributed by atoms with Gasteiger partial charge in [0.15, 0.2) is 5.79 Å². The van der Waals surface area contributed by atoms with Crippen LogP contribution in [0, 0.1) is 5.21 Å². The van der Waals surface area contributed by atoms with Crippen molar-refractivity contribution in [1.29, 1.82) is 0 Å². The molecule has 0 bridgehead atoms. The lowest BCUT2D eigenvalue weighted by atomic mass is 9.81. The molecular formula is C25H28BrNO3. The van der Waals surface area contributed by atoms with Gasteiger partial charge in [-0.15, -0.1) is 6.58 Å². The Morgan fingerprint density at radius 1 is 1.07 bits per heavy atom. The molecule has 1 aliphatic heterocycles. The summed E-state index contributed by atoms with van der Waals surface area (Å²) in [4.78, 5) is 6.45. The fourth-order valence-corrected chi connectivity index (χ4v) is 5.25. The fourth-order valence-electron chi connectivity index (χ4n) is 4.75. The zero-order chi connectivity index (χ0) is 21.0. The van der Waals surface area contributed by atoms with Crippen LogP contribution in [0.4, 0.5) is 0 Å². The van der Waals surface area contributed by atoms with Crippen molar-refractivity contribution in [2.45, 2.75) is 62.3 Å². The van der Waals surface area contributed by atoms with Crippen LogP contribution in [-0.4, -0.2) is 21.4 Å². The number of halogens is 1. The molecule has 1 saturated carbocycles. The van der Waals surface area contributed by atoms with Crippen molar-refractivity contribution >= 4 is 20.6 Å². The lowest BCUT2D eigenvalue weighted by Crippen LogP contribution is -2.49. The van der Waals surface area contributed by atoms with E-state index in [9.17, 15) is 5.21 Å². The molecule has 0 saturated heterocycles. The summed E-state index contributed by atoms with van der Waals surface area (Å²) in [7, 11) is 0. The van der Waals surface area contributed by atoms with Crippen LogP contribution in [0.5, 0.6) is 0 Å². The average Bonchev–Trinajstić information content (AvgIpc) is 2.78. The highest BCUT2D eigenvalue weighted by molar-refractivity contribution is 9.18. The van der Waals surface area contributed by atoms with Gasteiger partial charge in [-0.3, -0.25) is 5.21 Å². The Labute approximate surface area is 186 Å². The van der Waals surface area contributed by atoms with Crippen LogP contribution >= 0.6 is 15.9 Å². The first kappa shape index (κ1) is 21.1. The minimum atomic E-state index is -1.03. The van der Waals surface area contributed by atoms with Gasteiger partial charge >= 0.3 is 0 Å². The van der Waals surface area contributed by atoms with Gasteiger partial charge in [0.1, 0.15) is 0 Å². The molecule has 1 fully saturated rings. The van der Waals surface area contributed by atoms with E-state index in [0.29, 0.717) is 28.3 Å². The third kappa shape index (κ3) is 4.47. The quantitative estimate of drug-likeness (QED) is 0.361. The fraction of sp³-hybridized carbons (Fsp3) is 0.400. The number of hydrogen-bond donors (Lipinski definition) is 0. The van der Waals surface area contributed by atoms with E-state index in [1.807, 2.05) is 36.4 Å². The van der Waals surface area contributed by atoms with Gasteiger partial charge in [-0.25, -0.2) is 0 Å². The zero-order valence-corrected chi connectivity index (χ0v) is 18.7. The summed E-state index contributed by atoms with van der Waals surface area (Å²) in [6.45, 7) is 3.91.